The van der Waals surface area contributed by atoms with E-state index in [1.807, 2.05) is 6.92 Å². The number of methoxy groups -OCH3 is 1. The number of para-hydroxylation sites is 2. The van der Waals surface area contributed by atoms with Gasteiger partial charge in [-0.25, -0.2) is 22.8 Å². The number of aromatic amines is 1. The van der Waals surface area contributed by atoms with E-state index in [9.17, 15) is 8.42 Å². The van der Waals surface area contributed by atoms with E-state index in [0.717, 1.165) is 19.3 Å². The molecule has 4 heterocycles. The number of nitrogens with one attached hydrogen (secondary N) is 1. The van der Waals surface area contributed by atoms with E-state index < -0.39 is 10.0 Å². The molecule has 0 aliphatic carbocycles. The second-order valence-corrected chi connectivity index (χ2v) is 12.5. The number of ether oxygens (including phenoxy) is 4. The van der Waals surface area contributed by atoms with Gasteiger partial charge in [0.25, 0.3) is 15.9 Å². The summed E-state index contributed by atoms with van der Waals surface area (Å²) in [5, 5.41) is 13.9. The lowest BCUT2D eigenvalue weighted by Crippen LogP contribution is -2.33. The zero-order valence-corrected chi connectivity index (χ0v) is 26.8. The molecule has 5 aromatic rings. The lowest BCUT2D eigenvalue weighted by molar-refractivity contribution is 0.0654. The summed E-state index contributed by atoms with van der Waals surface area (Å²) in [6, 6.07) is 18.7. The Labute approximate surface area is 272 Å². The van der Waals surface area contributed by atoms with Crippen LogP contribution in [0.4, 0.5) is 5.82 Å². The first-order valence-corrected chi connectivity index (χ1v) is 16.7. The SMILES string of the molecule is CCCCN(c1nc(-c2ccnc(-c3nnn[nH]3)c2)nc(OCC2CCCO2)c1Oc1ccccc1OC)S(=O)(=O)c1ccccc1. The highest BCUT2D eigenvalue weighted by atomic mass is 32.2. The first-order valence-electron chi connectivity index (χ1n) is 15.2. The Kier molecular flexibility index (Phi) is 9.83. The Bertz CT molecular complexity index is 1890. The van der Waals surface area contributed by atoms with Gasteiger partial charge in [-0.2, -0.15) is 4.98 Å². The first kappa shape index (κ1) is 31.8. The van der Waals surface area contributed by atoms with E-state index in [4.69, 9.17) is 28.9 Å². The van der Waals surface area contributed by atoms with Crippen molar-refractivity contribution in [2.24, 2.45) is 0 Å². The number of nitrogens with zero attached hydrogens (tertiary/aromatic N) is 7. The lowest BCUT2D eigenvalue weighted by Gasteiger charge is -2.27. The van der Waals surface area contributed by atoms with E-state index in [0.29, 0.717) is 41.6 Å². The maximum atomic E-state index is 14.4. The fourth-order valence-electron chi connectivity index (χ4n) is 4.99. The average molecular weight is 659 g/mol. The number of unbranched alkanes of at least 4 members (excludes halogenated alkanes) is 1. The van der Waals surface area contributed by atoms with E-state index in [1.165, 1.54) is 11.4 Å². The van der Waals surface area contributed by atoms with Crippen molar-refractivity contribution >= 4 is 15.8 Å². The number of hydrogen-bond donors (Lipinski definition) is 1. The lowest BCUT2D eigenvalue weighted by atomic mass is 10.2. The molecule has 3 aromatic heterocycles. The van der Waals surface area contributed by atoms with Gasteiger partial charge in [-0.1, -0.05) is 43.7 Å². The number of aromatic nitrogens is 7. The molecule has 1 N–H and O–H groups in total. The van der Waals surface area contributed by atoms with Crippen LogP contribution in [0.15, 0.2) is 77.8 Å². The van der Waals surface area contributed by atoms with Gasteiger partial charge in [-0.05, 0) is 66.1 Å². The summed E-state index contributed by atoms with van der Waals surface area (Å²) in [7, 11) is -2.62. The summed E-state index contributed by atoms with van der Waals surface area (Å²) < 4.78 is 54.2. The number of tetrazole rings is 1. The second-order valence-electron chi connectivity index (χ2n) is 10.6. The molecule has 15 heteroatoms. The molecule has 1 saturated heterocycles. The third kappa shape index (κ3) is 7.15. The fourth-order valence-corrected chi connectivity index (χ4v) is 6.47. The van der Waals surface area contributed by atoms with Crippen LogP contribution in [0.1, 0.15) is 32.6 Å². The molecule has 1 fully saturated rings. The molecule has 14 nitrogen and oxygen atoms in total. The zero-order chi connectivity index (χ0) is 32.6. The molecular formula is C32H34N8O6S. The Morgan fingerprint density at radius 1 is 1.04 bits per heavy atom. The predicted octanol–water partition coefficient (Wildman–Crippen LogP) is 5.07. The topological polar surface area (TPSA) is 167 Å². The molecule has 1 unspecified atom stereocenters. The summed E-state index contributed by atoms with van der Waals surface area (Å²) in [5.74, 6) is 1.32. The molecule has 0 amide bonds. The van der Waals surface area contributed by atoms with Gasteiger partial charge in [0.05, 0.1) is 18.1 Å². The van der Waals surface area contributed by atoms with Gasteiger partial charge in [0, 0.05) is 24.9 Å². The molecule has 1 atom stereocenters. The third-order valence-corrected chi connectivity index (χ3v) is 9.22. The van der Waals surface area contributed by atoms with Crippen molar-refractivity contribution in [3.05, 3.63) is 72.9 Å². The molecule has 0 spiro atoms. The molecule has 0 saturated carbocycles. The smallest absolute Gasteiger partial charge is 0.265 e. The van der Waals surface area contributed by atoms with E-state index in [-0.39, 0.29) is 47.4 Å². The molecule has 0 radical (unpaired) electrons. The van der Waals surface area contributed by atoms with Gasteiger partial charge in [0.2, 0.25) is 5.75 Å². The van der Waals surface area contributed by atoms with Gasteiger partial charge < -0.3 is 18.9 Å². The van der Waals surface area contributed by atoms with Crippen LogP contribution < -0.4 is 18.5 Å². The largest absolute Gasteiger partial charge is 0.493 e. The van der Waals surface area contributed by atoms with Gasteiger partial charge in [0.15, 0.2) is 29.0 Å². The minimum atomic E-state index is -4.14. The number of sulfonamides is 1. The zero-order valence-electron chi connectivity index (χ0n) is 25.9. The Morgan fingerprint density at radius 3 is 2.57 bits per heavy atom. The number of anilines is 1. The highest BCUT2D eigenvalue weighted by Crippen LogP contribution is 2.44. The van der Waals surface area contributed by atoms with Crippen LogP contribution in [0.25, 0.3) is 22.9 Å². The molecule has 6 rings (SSSR count). The van der Waals surface area contributed by atoms with Crippen LogP contribution in [-0.2, 0) is 14.8 Å². The van der Waals surface area contributed by atoms with Gasteiger partial charge in [-0.15, -0.1) is 5.10 Å². The second kappa shape index (κ2) is 14.5. The summed E-state index contributed by atoms with van der Waals surface area (Å²) >= 11 is 0. The van der Waals surface area contributed by atoms with Crippen molar-refractivity contribution in [2.75, 3.05) is 31.2 Å². The first-order chi connectivity index (χ1) is 23.0. The van der Waals surface area contributed by atoms with E-state index in [2.05, 4.69) is 25.6 Å². The summed E-state index contributed by atoms with van der Waals surface area (Å²) in [6.45, 7) is 2.90. The molecule has 2 aromatic carbocycles. The minimum Gasteiger partial charge on any atom is -0.493 e. The van der Waals surface area contributed by atoms with Crippen LogP contribution in [0.2, 0.25) is 0 Å². The molecule has 0 bridgehead atoms. The van der Waals surface area contributed by atoms with Gasteiger partial charge in [-0.3, -0.25) is 4.98 Å². The standard InChI is InChI=1S/C32H34N8O6S/c1-3-4-18-40(47(41,42)24-12-6-5-7-13-24)31-28(46-27-15-9-8-14-26(27)43-2)32(45-21-23-11-10-19-44-23)35-29(34-31)22-16-17-33-25(20-22)30-36-38-39-37-30/h5-9,12-17,20,23H,3-4,10-11,18-19,21H2,1-2H3,(H,36,37,38,39). The van der Waals surface area contributed by atoms with Gasteiger partial charge in [0.1, 0.15) is 12.3 Å². The van der Waals surface area contributed by atoms with Crippen molar-refractivity contribution in [3.8, 4) is 46.0 Å². The average Bonchev–Trinajstić information content (AvgIpc) is 3.84. The molecule has 1 aliphatic heterocycles. The number of hydrogen-bond acceptors (Lipinski definition) is 12. The highest BCUT2D eigenvalue weighted by molar-refractivity contribution is 7.92. The van der Waals surface area contributed by atoms with Crippen molar-refractivity contribution in [1.82, 2.24) is 35.6 Å². The number of rotatable bonds is 14. The Morgan fingerprint density at radius 2 is 1.85 bits per heavy atom. The molecule has 1 aliphatic rings. The number of benzene rings is 2. The molecule has 47 heavy (non-hydrogen) atoms. The maximum absolute atomic E-state index is 14.4. The summed E-state index contributed by atoms with van der Waals surface area (Å²) in [4.78, 5) is 14.1. The normalized spacial score (nSPS) is 14.6. The monoisotopic (exact) mass is 658 g/mol. The predicted molar refractivity (Wildman–Crippen MR) is 172 cm³/mol. The van der Waals surface area contributed by atoms with Crippen LogP contribution in [0, 0.1) is 0 Å². The van der Waals surface area contributed by atoms with E-state index in [1.54, 1.807) is 72.9 Å². The number of H-pyrrole nitrogens is 1. The van der Waals surface area contributed by atoms with Crippen LogP contribution in [-0.4, -0.2) is 77.0 Å². The summed E-state index contributed by atoms with van der Waals surface area (Å²) in [5.41, 5.74) is 0.958. The fraction of sp³-hybridized carbons (Fsp3) is 0.312. The van der Waals surface area contributed by atoms with E-state index >= 15 is 0 Å². The third-order valence-electron chi connectivity index (χ3n) is 7.42. The Hall–Kier alpha value is -5.15. The van der Waals surface area contributed by atoms with Crippen LogP contribution >= 0.6 is 0 Å². The molecular weight excluding hydrogens is 624 g/mol. The number of pyridine rings is 1. The van der Waals surface area contributed by atoms with Crippen molar-refractivity contribution in [1.29, 1.82) is 0 Å². The van der Waals surface area contributed by atoms with Crippen molar-refractivity contribution < 1.29 is 27.4 Å². The highest BCUT2D eigenvalue weighted by Gasteiger charge is 2.33. The quantitative estimate of drug-likeness (QED) is 0.168. The van der Waals surface area contributed by atoms with Crippen molar-refractivity contribution in [3.63, 3.8) is 0 Å². The molecule has 244 valence electrons. The van der Waals surface area contributed by atoms with Crippen LogP contribution in [0.5, 0.6) is 23.1 Å². The maximum Gasteiger partial charge on any atom is 0.265 e. The summed E-state index contributed by atoms with van der Waals surface area (Å²) in [6.07, 6.45) is 4.41. The van der Waals surface area contributed by atoms with Crippen LogP contribution in [0.3, 0.4) is 0 Å². The minimum absolute atomic E-state index is 0.000226. The Balaban J connectivity index is 1.57. The van der Waals surface area contributed by atoms with Crippen molar-refractivity contribution in [2.45, 2.75) is 43.6 Å². The van der Waals surface area contributed by atoms with Gasteiger partial charge >= 0.3 is 0 Å².